The van der Waals surface area contributed by atoms with Crippen molar-refractivity contribution in [2.24, 2.45) is 11.8 Å². The first kappa shape index (κ1) is 13.4. The summed E-state index contributed by atoms with van der Waals surface area (Å²) in [7, 11) is 0. The molecule has 0 aromatic rings. The van der Waals surface area contributed by atoms with E-state index in [9.17, 15) is 0 Å². The van der Waals surface area contributed by atoms with E-state index in [1.807, 2.05) is 0 Å². The molecule has 0 aromatic heterocycles. The molecule has 17 heavy (non-hydrogen) atoms. The lowest BCUT2D eigenvalue weighted by atomic mass is 9.76. The predicted molar refractivity (Wildman–Crippen MR) is 70.1 cm³/mol. The van der Waals surface area contributed by atoms with Crippen molar-refractivity contribution in [1.29, 1.82) is 0 Å². The molecule has 4 atom stereocenters. The molecule has 1 saturated heterocycles. The van der Waals surface area contributed by atoms with Crippen molar-refractivity contribution in [1.82, 2.24) is 0 Å². The van der Waals surface area contributed by atoms with Gasteiger partial charge in [-0.1, -0.05) is 33.1 Å². The Bertz CT molecular complexity index is 241. The smallest absolute Gasteiger partial charge is 0.0923 e. The van der Waals surface area contributed by atoms with Crippen LogP contribution < -0.4 is 0 Å². The van der Waals surface area contributed by atoms with Crippen LogP contribution in [-0.4, -0.2) is 24.9 Å². The van der Waals surface area contributed by atoms with Gasteiger partial charge < -0.3 is 9.47 Å². The average molecular weight is 240 g/mol. The highest BCUT2D eigenvalue weighted by Gasteiger charge is 2.57. The molecule has 2 fully saturated rings. The standard InChI is InChI=1S/C15H28O2/c1-4-5-6-7-8-16-11-13-9-14-15(3,17-14)10-12(13)2/h12-14H,4-11H2,1-3H3. The minimum Gasteiger partial charge on any atom is -0.381 e. The molecule has 0 spiro atoms. The Kier molecular flexibility index (Phi) is 4.48. The number of hydrogen-bond acceptors (Lipinski definition) is 2. The molecule has 0 aromatic carbocycles. The Balaban J connectivity index is 1.57. The van der Waals surface area contributed by atoms with Crippen LogP contribution in [0.4, 0.5) is 0 Å². The third kappa shape index (κ3) is 3.45. The monoisotopic (exact) mass is 240 g/mol. The zero-order valence-electron chi connectivity index (χ0n) is 11.7. The summed E-state index contributed by atoms with van der Waals surface area (Å²) in [5, 5.41) is 0. The Morgan fingerprint density at radius 1 is 1.29 bits per heavy atom. The van der Waals surface area contributed by atoms with Crippen LogP contribution in [0.1, 0.15) is 59.3 Å². The topological polar surface area (TPSA) is 21.8 Å². The summed E-state index contributed by atoms with van der Waals surface area (Å²) >= 11 is 0. The zero-order chi connectivity index (χ0) is 12.3. The lowest BCUT2D eigenvalue weighted by molar-refractivity contribution is 0.0622. The Morgan fingerprint density at radius 3 is 2.88 bits per heavy atom. The van der Waals surface area contributed by atoms with E-state index in [1.165, 1.54) is 38.5 Å². The highest BCUT2D eigenvalue weighted by molar-refractivity contribution is 5.05. The van der Waals surface area contributed by atoms with Gasteiger partial charge in [-0.25, -0.2) is 0 Å². The van der Waals surface area contributed by atoms with Crippen LogP contribution in [0.25, 0.3) is 0 Å². The normalized spacial score (nSPS) is 40.1. The van der Waals surface area contributed by atoms with Gasteiger partial charge in [0, 0.05) is 13.2 Å². The van der Waals surface area contributed by atoms with Crippen molar-refractivity contribution < 1.29 is 9.47 Å². The molecule has 0 amide bonds. The van der Waals surface area contributed by atoms with Gasteiger partial charge in [0.2, 0.25) is 0 Å². The SMILES string of the molecule is CCCCCCOCC1CC2OC2(C)CC1C. The maximum atomic E-state index is 5.83. The fourth-order valence-corrected chi connectivity index (χ4v) is 3.18. The van der Waals surface area contributed by atoms with E-state index in [1.54, 1.807) is 0 Å². The lowest BCUT2D eigenvalue weighted by Gasteiger charge is -2.29. The molecule has 100 valence electrons. The summed E-state index contributed by atoms with van der Waals surface area (Å²) in [6.45, 7) is 8.76. The van der Waals surface area contributed by atoms with Crippen LogP contribution in [0, 0.1) is 11.8 Å². The van der Waals surface area contributed by atoms with Crippen molar-refractivity contribution in [2.45, 2.75) is 71.0 Å². The Labute approximate surface area is 106 Å². The minimum atomic E-state index is 0.233. The molecule has 0 N–H and O–H groups in total. The molecule has 1 heterocycles. The van der Waals surface area contributed by atoms with Gasteiger partial charge >= 0.3 is 0 Å². The van der Waals surface area contributed by atoms with Gasteiger partial charge in [0.25, 0.3) is 0 Å². The highest BCUT2D eigenvalue weighted by atomic mass is 16.6. The van der Waals surface area contributed by atoms with Crippen LogP contribution in [0.3, 0.4) is 0 Å². The molecule has 2 heteroatoms. The van der Waals surface area contributed by atoms with E-state index >= 15 is 0 Å². The summed E-state index contributed by atoms with van der Waals surface area (Å²) in [4.78, 5) is 0. The van der Waals surface area contributed by atoms with E-state index in [-0.39, 0.29) is 5.60 Å². The third-order valence-corrected chi connectivity index (χ3v) is 4.56. The second kappa shape index (κ2) is 5.71. The average Bonchev–Trinajstić information content (AvgIpc) is 2.93. The summed E-state index contributed by atoms with van der Waals surface area (Å²) in [6, 6.07) is 0. The fraction of sp³-hybridized carbons (Fsp3) is 1.00. The van der Waals surface area contributed by atoms with Crippen LogP contribution >= 0.6 is 0 Å². The predicted octanol–water partition coefficient (Wildman–Crippen LogP) is 3.79. The first-order valence-corrected chi connectivity index (χ1v) is 7.41. The molecular formula is C15H28O2. The molecule has 1 aliphatic heterocycles. The van der Waals surface area contributed by atoms with Gasteiger partial charge in [-0.2, -0.15) is 0 Å². The van der Waals surface area contributed by atoms with E-state index in [4.69, 9.17) is 9.47 Å². The zero-order valence-corrected chi connectivity index (χ0v) is 11.7. The molecule has 2 rings (SSSR count). The van der Waals surface area contributed by atoms with E-state index < -0.39 is 0 Å². The largest absolute Gasteiger partial charge is 0.381 e. The highest BCUT2D eigenvalue weighted by Crippen LogP contribution is 2.51. The van der Waals surface area contributed by atoms with Crippen molar-refractivity contribution >= 4 is 0 Å². The Morgan fingerprint density at radius 2 is 2.12 bits per heavy atom. The maximum Gasteiger partial charge on any atom is 0.0923 e. The quantitative estimate of drug-likeness (QED) is 0.499. The first-order valence-electron chi connectivity index (χ1n) is 7.41. The molecule has 2 aliphatic rings. The number of unbranched alkanes of at least 4 members (excludes halogenated alkanes) is 3. The van der Waals surface area contributed by atoms with E-state index in [2.05, 4.69) is 20.8 Å². The lowest BCUT2D eigenvalue weighted by Crippen LogP contribution is -2.31. The van der Waals surface area contributed by atoms with Crippen LogP contribution in [0.15, 0.2) is 0 Å². The molecule has 1 aliphatic carbocycles. The van der Waals surface area contributed by atoms with Gasteiger partial charge in [-0.3, -0.25) is 0 Å². The summed E-state index contributed by atoms with van der Waals surface area (Å²) in [5.41, 5.74) is 0.233. The van der Waals surface area contributed by atoms with Crippen molar-refractivity contribution in [3.63, 3.8) is 0 Å². The third-order valence-electron chi connectivity index (χ3n) is 4.56. The van der Waals surface area contributed by atoms with Crippen molar-refractivity contribution in [2.75, 3.05) is 13.2 Å². The number of rotatable bonds is 7. The fourth-order valence-electron chi connectivity index (χ4n) is 3.18. The van der Waals surface area contributed by atoms with Crippen molar-refractivity contribution in [3.05, 3.63) is 0 Å². The van der Waals surface area contributed by atoms with Gasteiger partial charge in [-0.05, 0) is 38.0 Å². The van der Waals surface area contributed by atoms with Gasteiger partial charge in [0.15, 0.2) is 0 Å². The molecular weight excluding hydrogens is 212 g/mol. The molecule has 4 unspecified atom stereocenters. The molecule has 0 bridgehead atoms. The summed E-state index contributed by atoms with van der Waals surface area (Å²) in [5.74, 6) is 1.48. The number of epoxide rings is 1. The van der Waals surface area contributed by atoms with Crippen LogP contribution in [0.5, 0.6) is 0 Å². The number of hydrogen-bond donors (Lipinski definition) is 0. The Hall–Kier alpha value is -0.0800. The number of ether oxygens (including phenoxy) is 2. The van der Waals surface area contributed by atoms with Gasteiger partial charge in [-0.15, -0.1) is 0 Å². The minimum absolute atomic E-state index is 0.233. The van der Waals surface area contributed by atoms with E-state index in [0.717, 1.165) is 25.0 Å². The molecule has 1 saturated carbocycles. The second-order valence-corrected chi connectivity index (χ2v) is 6.23. The maximum absolute atomic E-state index is 5.83. The van der Waals surface area contributed by atoms with Gasteiger partial charge in [0.05, 0.1) is 11.7 Å². The van der Waals surface area contributed by atoms with Crippen LogP contribution in [-0.2, 0) is 9.47 Å². The summed E-state index contributed by atoms with van der Waals surface area (Å²) < 4.78 is 11.6. The molecule has 2 nitrogen and oxygen atoms in total. The second-order valence-electron chi connectivity index (χ2n) is 6.23. The molecule has 0 radical (unpaired) electrons. The first-order chi connectivity index (χ1) is 8.15. The summed E-state index contributed by atoms with van der Waals surface area (Å²) in [6.07, 6.45) is 8.17. The van der Waals surface area contributed by atoms with Crippen LogP contribution in [0.2, 0.25) is 0 Å². The van der Waals surface area contributed by atoms with E-state index in [0.29, 0.717) is 6.10 Å². The van der Waals surface area contributed by atoms with Crippen molar-refractivity contribution in [3.8, 4) is 0 Å². The van der Waals surface area contributed by atoms with Gasteiger partial charge in [0.1, 0.15) is 0 Å². The number of fused-ring (bicyclic) bond motifs is 1.